The van der Waals surface area contributed by atoms with Gasteiger partial charge in [0.2, 0.25) is 5.91 Å². The summed E-state index contributed by atoms with van der Waals surface area (Å²) < 4.78 is 5.78. The van der Waals surface area contributed by atoms with Crippen LogP contribution in [0.15, 0.2) is 35.4 Å². The highest BCUT2D eigenvalue weighted by Crippen LogP contribution is 2.28. The van der Waals surface area contributed by atoms with E-state index in [1.807, 2.05) is 29.2 Å². The van der Waals surface area contributed by atoms with Crippen molar-refractivity contribution in [2.45, 2.75) is 25.7 Å². The van der Waals surface area contributed by atoms with E-state index in [1.165, 1.54) is 6.33 Å². The van der Waals surface area contributed by atoms with Crippen molar-refractivity contribution in [3.05, 3.63) is 57.8 Å². The molecule has 3 heterocycles. The first-order chi connectivity index (χ1) is 12.2. The molecule has 0 spiro atoms. The topological polar surface area (TPSA) is 75.3 Å². The van der Waals surface area contributed by atoms with Crippen LogP contribution in [0.4, 0.5) is 0 Å². The summed E-state index contributed by atoms with van der Waals surface area (Å²) in [5.74, 6) is 0.970. The van der Waals surface area contributed by atoms with Crippen molar-refractivity contribution in [2.24, 2.45) is 5.92 Å². The Hall–Kier alpha value is -2.63. The number of aromatic amines is 1. The van der Waals surface area contributed by atoms with Crippen molar-refractivity contribution in [1.29, 1.82) is 0 Å². The van der Waals surface area contributed by atoms with Gasteiger partial charge in [-0.15, -0.1) is 0 Å². The maximum atomic E-state index is 13.1. The van der Waals surface area contributed by atoms with Crippen molar-refractivity contribution in [3.63, 3.8) is 0 Å². The first kappa shape index (κ1) is 15.9. The highest BCUT2D eigenvalue weighted by atomic mass is 16.5. The van der Waals surface area contributed by atoms with Crippen molar-refractivity contribution in [3.8, 4) is 5.75 Å². The molecule has 6 nitrogen and oxygen atoms in total. The predicted octanol–water partition coefficient (Wildman–Crippen LogP) is 1.34. The summed E-state index contributed by atoms with van der Waals surface area (Å²) in [6, 6.07) is 7.93. The number of nitrogens with one attached hydrogen (secondary N) is 1. The summed E-state index contributed by atoms with van der Waals surface area (Å²) >= 11 is 0. The van der Waals surface area contributed by atoms with Crippen LogP contribution in [0.2, 0.25) is 0 Å². The van der Waals surface area contributed by atoms with E-state index in [0.29, 0.717) is 44.5 Å². The number of carbonyl (C=O) groups is 1. The Morgan fingerprint density at radius 1 is 1.24 bits per heavy atom. The summed E-state index contributed by atoms with van der Waals surface area (Å²) in [7, 11) is 0. The third-order valence-corrected chi connectivity index (χ3v) is 5.11. The number of aromatic nitrogens is 2. The normalized spacial score (nSPS) is 19.8. The molecule has 2 aromatic rings. The molecule has 0 saturated carbocycles. The minimum absolute atomic E-state index is 0.0731. The molecule has 2 aliphatic heterocycles. The summed E-state index contributed by atoms with van der Waals surface area (Å²) in [4.78, 5) is 33.8. The molecule has 1 aromatic heterocycles. The predicted molar refractivity (Wildman–Crippen MR) is 92.6 cm³/mol. The Balaban J connectivity index is 1.50. The number of carbonyl (C=O) groups excluding carboxylic acids is 1. The van der Waals surface area contributed by atoms with Gasteiger partial charge in [-0.2, -0.15) is 0 Å². The highest BCUT2D eigenvalue weighted by Gasteiger charge is 2.29. The fourth-order valence-electron chi connectivity index (χ4n) is 3.72. The van der Waals surface area contributed by atoms with Gasteiger partial charge in [-0.25, -0.2) is 4.98 Å². The molecule has 2 aliphatic rings. The van der Waals surface area contributed by atoms with Crippen LogP contribution in [0, 0.1) is 5.92 Å². The number of fused-ring (bicyclic) bond motifs is 2. The van der Waals surface area contributed by atoms with Gasteiger partial charge in [-0.3, -0.25) is 9.59 Å². The maximum absolute atomic E-state index is 13.1. The molecule has 1 N–H and O–H groups in total. The number of ether oxygens (including phenoxy) is 1. The second-order valence-electron chi connectivity index (χ2n) is 6.63. The van der Waals surface area contributed by atoms with Gasteiger partial charge < -0.3 is 14.6 Å². The number of hydrogen-bond donors (Lipinski definition) is 1. The molecule has 0 saturated heterocycles. The smallest absolute Gasteiger partial charge is 0.254 e. The molecule has 1 atom stereocenters. The third kappa shape index (κ3) is 3.16. The first-order valence-electron chi connectivity index (χ1n) is 8.77. The average molecular weight is 339 g/mol. The van der Waals surface area contributed by atoms with Crippen molar-refractivity contribution in [2.75, 3.05) is 19.7 Å². The lowest BCUT2D eigenvalue weighted by Gasteiger charge is -2.25. The van der Waals surface area contributed by atoms with Gasteiger partial charge >= 0.3 is 0 Å². The second-order valence-corrected chi connectivity index (χ2v) is 6.63. The summed E-state index contributed by atoms with van der Waals surface area (Å²) in [5.41, 5.74) is 2.53. The summed E-state index contributed by atoms with van der Waals surface area (Å²) in [5, 5.41) is 0. The Morgan fingerprint density at radius 2 is 2.08 bits per heavy atom. The van der Waals surface area contributed by atoms with Crippen LogP contribution in [-0.2, 0) is 24.1 Å². The van der Waals surface area contributed by atoms with E-state index in [-0.39, 0.29) is 17.4 Å². The number of H-pyrrole nitrogens is 1. The number of para-hydroxylation sites is 1. The van der Waals surface area contributed by atoms with Crippen molar-refractivity contribution < 1.29 is 9.53 Å². The third-order valence-electron chi connectivity index (χ3n) is 5.11. The highest BCUT2D eigenvalue weighted by molar-refractivity contribution is 5.79. The average Bonchev–Trinajstić information content (AvgIpc) is 2.98. The van der Waals surface area contributed by atoms with Crippen molar-refractivity contribution >= 4 is 5.91 Å². The zero-order valence-electron chi connectivity index (χ0n) is 14.0. The van der Waals surface area contributed by atoms with E-state index in [2.05, 4.69) is 9.97 Å². The van der Waals surface area contributed by atoms with Gasteiger partial charge in [-0.05, 0) is 30.9 Å². The molecule has 25 heavy (non-hydrogen) atoms. The molecule has 0 aliphatic carbocycles. The van der Waals surface area contributed by atoms with Gasteiger partial charge in [0.05, 0.1) is 18.6 Å². The fraction of sp³-hybridized carbons (Fsp3) is 0.421. The Kier molecular flexibility index (Phi) is 4.26. The van der Waals surface area contributed by atoms with Crippen LogP contribution in [0.25, 0.3) is 0 Å². The van der Waals surface area contributed by atoms with E-state index in [4.69, 9.17) is 4.74 Å². The number of hydrogen-bond acceptors (Lipinski definition) is 4. The van der Waals surface area contributed by atoms with Crippen LogP contribution >= 0.6 is 0 Å². The van der Waals surface area contributed by atoms with E-state index in [0.717, 1.165) is 23.4 Å². The molecule has 1 amide bonds. The second kappa shape index (κ2) is 6.70. The molecule has 0 radical (unpaired) electrons. The van der Waals surface area contributed by atoms with Crippen LogP contribution in [0.3, 0.4) is 0 Å². The van der Waals surface area contributed by atoms with Gasteiger partial charge in [0.15, 0.2) is 0 Å². The summed E-state index contributed by atoms with van der Waals surface area (Å²) in [6.45, 7) is 1.74. The van der Waals surface area contributed by atoms with Crippen LogP contribution in [-0.4, -0.2) is 40.5 Å². The SMILES string of the molecule is O=C([C@@H]1CCOc2ccccc2C1)N1CCc2nc[nH]c(=O)c2CC1. The zero-order valence-corrected chi connectivity index (χ0v) is 14.0. The van der Waals surface area contributed by atoms with Crippen molar-refractivity contribution in [1.82, 2.24) is 14.9 Å². The van der Waals surface area contributed by atoms with Gasteiger partial charge in [0.25, 0.3) is 5.56 Å². The fourth-order valence-corrected chi connectivity index (χ4v) is 3.72. The maximum Gasteiger partial charge on any atom is 0.254 e. The van der Waals surface area contributed by atoms with E-state index in [1.54, 1.807) is 0 Å². The Morgan fingerprint density at radius 3 is 3.00 bits per heavy atom. The first-order valence-corrected chi connectivity index (χ1v) is 8.77. The lowest BCUT2D eigenvalue weighted by molar-refractivity contribution is -0.135. The van der Waals surface area contributed by atoms with Crippen LogP contribution in [0.5, 0.6) is 5.75 Å². The number of nitrogens with zero attached hydrogens (tertiary/aromatic N) is 2. The molecular weight excluding hydrogens is 318 g/mol. The van der Waals surface area contributed by atoms with Gasteiger partial charge in [0, 0.05) is 31.0 Å². The monoisotopic (exact) mass is 339 g/mol. The minimum Gasteiger partial charge on any atom is -0.493 e. The largest absolute Gasteiger partial charge is 0.493 e. The molecular formula is C19H21N3O3. The van der Waals surface area contributed by atoms with Crippen LogP contribution in [0.1, 0.15) is 23.2 Å². The van der Waals surface area contributed by atoms with E-state index in [9.17, 15) is 9.59 Å². The van der Waals surface area contributed by atoms with Crippen LogP contribution < -0.4 is 10.3 Å². The molecule has 1 aromatic carbocycles. The standard InChI is InChI=1S/C19H21N3O3/c23-18-15-5-8-22(9-6-16(15)20-12-21-18)19(24)14-7-10-25-17-4-2-1-3-13(17)11-14/h1-4,12,14H,5-11H2,(H,20,21,23)/t14-/m1/s1. The van der Waals surface area contributed by atoms with E-state index >= 15 is 0 Å². The molecule has 0 unspecified atom stereocenters. The number of amides is 1. The molecule has 130 valence electrons. The van der Waals surface area contributed by atoms with Gasteiger partial charge in [-0.1, -0.05) is 18.2 Å². The molecule has 0 bridgehead atoms. The van der Waals surface area contributed by atoms with E-state index < -0.39 is 0 Å². The molecule has 4 rings (SSSR count). The lowest BCUT2D eigenvalue weighted by atomic mass is 9.95. The lowest BCUT2D eigenvalue weighted by Crippen LogP contribution is -2.39. The number of benzene rings is 1. The Labute approximate surface area is 145 Å². The molecule has 0 fully saturated rings. The number of rotatable bonds is 1. The Bertz CT molecular complexity index is 846. The van der Waals surface area contributed by atoms with Gasteiger partial charge in [0.1, 0.15) is 5.75 Å². The summed E-state index contributed by atoms with van der Waals surface area (Å²) in [6.07, 6.45) is 4.06. The molecule has 6 heteroatoms. The quantitative estimate of drug-likeness (QED) is 0.851. The minimum atomic E-state index is -0.0870. The zero-order chi connectivity index (χ0) is 17.2.